The Hall–Kier alpha value is -1.11. The number of nitrogens with one attached hydrogen (secondary N) is 2. The molecule has 0 amide bonds. The SMILES string of the molecule is CNc1nc(Cl)nc(Nc2ccc(Cl)c(Br)c2)n1. The molecule has 94 valence electrons. The summed E-state index contributed by atoms with van der Waals surface area (Å²) in [5.41, 5.74) is 0.788. The summed E-state index contributed by atoms with van der Waals surface area (Å²) in [7, 11) is 1.70. The summed E-state index contributed by atoms with van der Waals surface area (Å²) in [6.45, 7) is 0. The molecule has 0 aliphatic rings. The maximum Gasteiger partial charge on any atom is 0.233 e. The van der Waals surface area contributed by atoms with Crippen molar-refractivity contribution in [1.29, 1.82) is 0 Å². The van der Waals surface area contributed by atoms with Gasteiger partial charge in [-0.15, -0.1) is 0 Å². The Morgan fingerprint density at radius 3 is 2.50 bits per heavy atom. The zero-order valence-corrected chi connectivity index (χ0v) is 12.3. The number of halogens is 3. The fraction of sp³-hybridized carbons (Fsp3) is 0.100. The number of benzene rings is 1. The van der Waals surface area contributed by atoms with Crippen molar-refractivity contribution in [3.63, 3.8) is 0 Å². The van der Waals surface area contributed by atoms with E-state index in [-0.39, 0.29) is 5.28 Å². The molecule has 0 spiro atoms. The highest BCUT2D eigenvalue weighted by atomic mass is 79.9. The molecule has 0 radical (unpaired) electrons. The van der Waals surface area contributed by atoms with E-state index in [1.165, 1.54) is 0 Å². The second-order valence-electron chi connectivity index (χ2n) is 3.26. The maximum atomic E-state index is 5.91. The summed E-state index contributed by atoms with van der Waals surface area (Å²) in [6, 6.07) is 5.39. The largest absolute Gasteiger partial charge is 0.357 e. The van der Waals surface area contributed by atoms with Gasteiger partial charge >= 0.3 is 0 Å². The Labute approximate surface area is 122 Å². The lowest BCUT2D eigenvalue weighted by Gasteiger charge is -2.07. The predicted octanol–water partition coefficient (Wildman–Crippen LogP) is 3.73. The molecule has 1 aromatic heterocycles. The van der Waals surface area contributed by atoms with Gasteiger partial charge in [0, 0.05) is 17.2 Å². The minimum atomic E-state index is 0.116. The number of aromatic nitrogens is 3. The Kier molecular flexibility index (Phi) is 4.21. The van der Waals surface area contributed by atoms with Gasteiger partial charge in [0.1, 0.15) is 0 Å². The molecule has 0 aliphatic heterocycles. The van der Waals surface area contributed by atoms with Gasteiger partial charge in [-0.1, -0.05) is 11.6 Å². The minimum Gasteiger partial charge on any atom is -0.357 e. The highest BCUT2D eigenvalue weighted by Gasteiger charge is 2.05. The summed E-state index contributed by atoms with van der Waals surface area (Å²) >= 11 is 15.0. The van der Waals surface area contributed by atoms with Gasteiger partial charge in [0.05, 0.1) is 5.02 Å². The van der Waals surface area contributed by atoms with Crippen molar-refractivity contribution in [2.45, 2.75) is 0 Å². The minimum absolute atomic E-state index is 0.116. The van der Waals surface area contributed by atoms with E-state index in [0.717, 1.165) is 10.2 Å². The van der Waals surface area contributed by atoms with E-state index in [1.807, 2.05) is 12.1 Å². The molecule has 0 fully saturated rings. The fourth-order valence-electron chi connectivity index (χ4n) is 1.22. The summed E-state index contributed by atoms with van der Waals surface area (Å²) in [5.74, 6) is 0.749. The van der Waals surface area contributed by atoms with Crippen LogP contribution in [-0.2, 0) is 0 Å². The van der Waals surface area contributed by atoms with Crippen molar-refractivity contribution < 1.29 is 0 Å². The average Bonchev–Trinajstić information content (AvgIpc) is 2.33. The molecule has 8 heteroatoms. The van der Waals surface area contributed by atoms with E-state index in [2.05, 4.69) is 41.5 Å². The van der Waals surface area contributed by atoms with Gasteiger partial charge in [0.2, 0.25) is 17.2 Å². The van der Waals surface area contributed by atoms with Crippen LogP contribution in [0.3, 0.4) is 0 Å². The fourth-order valence-corrected chi connectivity index (χ4v) is 1.88. The van der Waals surface area contributed by atoms with E-state index < -0.39 is 0 Å². The Bertz CT molecular complexity index is 578. The lowest BCUT2D eigenvalue weighted by atomic mass is 10.3. The van der Waals surface area contributed by atoms with Crippen LogP contribution >= 0.6 is 39.1 Å². The molecule has 5 nitrogen and oxygen atoms in total. The van der Waals surface area contributed by atoms with Crippen molar-refractivity contribution in [2.24, 2.45) is 0 Å². The highest BCUT2D eigenvalue weighted by Crippen LogP contribution is 2.26. The predicted molar refractivity (Wildman–Crippen MR) is 76.8 cm³/mol. The molecule has 0 bridgehead atoms. The number of nitrogens with zero attached hydrogens (tertiary/aromatic N) is 3. The molecule has 18 heavy (non-hydrogen) atoms. The smallest absolute Gasteiger partial charge is 0.233 e. The van der Waals surface area contributed by atoms with Crippen LogP contribution < -0.4 is 10.6 Å². The first-order chi connectivity index (χ1) is 8.58. The Morgan fingerprint density at radius 2 is 1.83 bits per heavy atom. The summed E-state index contributed by atoms with van der Waals surface area (Å²) in [4.78, 5) is 12.0. The zero-order valence-electron chi connectivity index (χ0n) is 9.21. The van der Waals surface area contributed by atoms with Gasteiger partial charge < -0.3 is 10.6 Å². The topological polar surface area (TPSA) is 62.7 Å². The van der Waals surface area contributed by atoms with Crippen LogP contribution in [-0.4, -0.2) is 22.0 Å². The lowest BCUT2D eigenvalue weighted by molar-refractivity contribution is 1.05. The summed E-state index contributed by atoms with van der Waals surface area (Å²) in [6.07, 6.45) is 0. The molecule has 1 aromatic carbocycles. The van der Waals surface area contributed by atoms with Crippen LogP contribution in [0.15, 0.2) is 22.7 Å². The third kappa shape index (κ3) is 3.22. The lowest BCUT2D eigenvalue weighted by Crippen LogP contribution is -2.03. The first-order valence-corrected chi connectivity index (χ1v) is 6.45. The van der Waals surface area contributed by atoms with Gasteiger partial charge in [0.15, 0.2) is 0 Å². The zero-order chi connectivity index (χ0) is 13.1. The Morgan fingerprint density at radius 1 is 1.11 bits per heavy atom. The van der Waals surface area contributed by atoms with Crippen LogP contribution in [0.1, 0.15) is 0 Å². The molecule has 2 aromatic rings. The Balaban J connectivity index is 2.27. The van der Waals surface area contributed by atoms with Crippen molar-refractivity contribution in [3.8, 4) is 0 Å². The van der Waals surface area contributed by atoms with Gasteiger partial charge in [-0.2, -0.15) is 15.0 Å². The van der Waals surface area contributed by atoms with E-state index in [9.17, 15) is 0 Å². The van der Waals surface area contributed by atoms with Gasteiger partial charge in [-0.3, -0.25) is 0 Å². The first-order valence-electron chi connectivity index (χ1n) is 4.90. The van der Waals surface area contributed by atoms with Crippen LogP contribution in [0.25, 0.3) is 0 Å². The van der Waals surface area contributed by atoms with Gasteiger partial charge in [0.25, 0.3) is 0 Å². The standard InChI is InChI=1S/C10H8BrCl2N5/c1-14-9-16-8(13)17-10(18-9)15-5-2-3-7(12)6(11)4-5/h2-4H,1H3,(H2,14,15,16,17,18). The second kappa shape index (κ2) is 5.69. The van der Waals surface area contributed by atoms with Gasteiger partial charge in [-0.25, -0.2) is 0 Å². The molecule has 2 rings (SSSR count). The van der Waals surface area contributed by atoms with Crippen molar-refractivity contribution >= 4 is 56.7 Å². The van der Waals surface area contributed by atoms with E-state index in [4.69, 9.17) is 23.2 Å². The third-order valence-corrected chi connectivity index (χ3v) is 3.39. The van der Waals surface area contributed by atoms with E-state index in [1.54, 1.807) is 13.1 Å². The molecule has 0 aliphatic carbocycles. The molecular weight excluding hydrogens is 341 g/mol. The van der Waals surface area contributed by atoms with Gasteiger partial charge in [-0.05, 0) is 45.7 Å². The average molecular weight is 349 g/mol. The van der Waals surface area contributed by atoms with E-state index in [0.29, 0.717) is 16.9 Å². The number of hydrogen-bond donors (Lipinski definition) is 2. The van der Waals surface area contributed by atoms with Crippen molar-refractivity contribution in [3.05, 3.63) is 33.0 Å². The molecule has 0 saturated carbocycles. The van der Waals surface area contributed by atoms with Crippen LogP contribution in [0.4, 0.5) is 17.6 Å². The quantitative estimate of drug-likeness (QED) is 0.884. The maximum absolute atomic E-state index is 5.91. The number of rotatable bonds is 3. The summed E-state index contributed by atoms with van der Waals surface area (Å²) < 4.78 is 0.781. The van der Waals surface area contributed by atoms with Crippen LogP contribution in [0.5, 0.6) is 0 Å². The molecule has 1 heterocycles. The number of hydrogen-bond acceptors (Lipinski definition) is 5. The molecule has 0 atom stereocenters. The molecule has 0 unspecified atom stereocenters. The monoisotopic (exact) mass is 347 g/mol. The second-order valence-corrected chi connectivity index (χ2v) is 4.86. The van der Waals surface area contributed by atoms with Crippen LogP contribution in [0.2, 0.25) is 10.3 Å². The molecular formula is C10H8BrCl2N5. The molecule has 0 saturated heterocycles. The van der Waals surface area contributed by atoms with Crippen molar-refractivity contribution in [2.75, 3.05) is 17.7 Å². The van der Waals surface area contributed by atoms with Crippen molar-refractivity contribution in [1.82, 2.24) is 15.0 Å². The normalized spacial score (nSPS) is 10.2. The third-order valence-electron chi connectivity index (χ3n) is 2.01. The summed E-state index contributed by atoms with van der Waals surface area (Å²) in [5, 5.41) is 6.56. The van der Waals surface area contributed by atoms with E-state index >= 15 is 0 Å². The van der Waals surface area contributed by atoms with Crippen LogP contribution in [0, 0.1) is 0 Å². The number of anilines is 3. The first kappa shape index (κ1) is 13.3. The molecule has 2 N–H and O–H groups in total. The highest BCUT2D eigenvalue weighted by molar-refractivity contribution is 9.10.